The van der Waals surface area contributed by atoms with Crippen LogP contribution in [0.2, 0.25) is 0 Å². The maximum Gasteiger partial charge on any atom is 0.0577 e. The van der Waals surface area contributed by atoms with E-state index in [4.69, 9.17) is 11.6 Å². The lowest BCUT2D eigenvalue weighted by molar-refractivity contribution is 0.925. The smallest absolute Gasteiger partial charge is 0.0577 e. The van der Waals surface area contributed by atoms with E-state index >= 15 is 0 Å². The molecule has 0 aromatic rings. The van der Waals surface area contributed by atoms with Gasteiger partial charge in [-0.15, -0.1) is 11.6 Å². The van der Waals surface area contributed by atoms with Crippen LogP contribution in [-0.2, 0) is 0 Å². The molecule has 2 unspecified atom stereocenters. The van der Waals surface area contributed by atoms with Gasteiger partial charge in [0.25, 0.3) is 0 Å². The standard InChI is InChI=1S/C9H13Cl/c1-7-4-3-5-9(10)8(2)6-7/h3-4,6-7,9H,5H2,1-2H3. The van der Waals surface area contributed by atoms with Gasteiger partial charge >= 0.3 is 0 Å². The molecular weight excluding hydrogens is 144 g/mol. The number of hydrogen-bond donors (Lipinski definition) is 0. The van der Waals surface area contributed by atoms with Crippen LogP contribution >= 0.6 is 11.6 Å². The van der Waals surface area contributed by atoms with Gasteiger partial charge in [0.2, 0.25) is 0 Å². The van der Waals surface area contributed by atoms with Crippen molar-refractivity contribution in [3.63, 3.8) is 0 Å². The Hall–Kier alpha value is -0.230. The average molecular weight is 157 g/mol. The van der Waals surface area contributed by atoms with E-state index in [1.54, 1.807) is 0 Å². The summed E-state index contributed by atoms with van der Waals surface area (Å²) in [6.07, 6.45) is 7.57. The zero-order valence-electron chi connectivity index (χ0n) is 6.47. The molecule has 0 heterocycles. The molecule has 10 heavy (non-hydrogen) atoms. The number of allylic oxidation sites excluding steroid dienone is 4. The van der Waals surface area contributed by atoms with Crippen molar-refractivity contribution in [2.75, 3.05) is 0 Å². The molecule has 2 atom stereocenters. The van der Waals surface area contributed by atoms with Gasteiger partial charge in [-0.2, -0.15) is 0 Å². The second-order valence-electron chi connectivity index (χ2n) is 2.90. The zero-order chi connectivity index (χ0) is 7.56. The fourth-order valence-electron chi connectivity index (χ4n) is 1.17. The van der Waals surface area contributed by atoms with Gasteiger partial charge in [0.1, 0.15) is 0 Å². The van der Waals surface area contributed by atoms with Gasteiger partial charge in [-0.25, -0.2) is 0 Å². The second kappa shape index (κ2) is 3.25. The summed E-state index contributed by atoms with van der Waals surface area (Å²) in [5.41, 5.74) is 1.30. The van der Waals surface area contributed by atoms with Crippen LogP contribution in [0.4, 0.5) is 0 Å². The van der Waals surface area contributed by atoms with Crippen molar-refractivity contribution in [1.29, 1.82) is 0 Å². The SMILES string of the molecule is CC1=CC(C)C=CCC1Cl. The number of halogens is 1. The molecule has 0 N–H and O–H groups in total. The second-order valence-corrected chi connectivity index (χ2v) is 3.43. The normalized spacial score (nSPS) is 33.3. The van der Waals surface area contributed by atoms with Crippen LogP contribution in [0.1, 0.15) is 20.3 Å². The zero-order valence-corrected chi connectivity index (χ0v) is 7.23. The number of rotatable bonds is 0. The molecule has 0 fully saturated rings. The van der Waals surface area contributed by atoms with Crippen LogP contribution in [0.15, 0.2) is 23.8 Å². The molecule has 56 valence electrons. The fraction of sp³-hybridized carbons (Fsp3) is 0.556. The Labute approximate surface area is 67.6 Å². The van der Waals surface area contributed by atoms with Crippen molar-refractivity contribution in [2.24, 2.45) is 5.92 Å². The molecule has 0 amide bonds. The van der Waals surface area contributed by atoms with Gasteiger partial charge in [0.15, 0.2) is 0 Å². The van der Waals surface area contributed by atoms with Gasteiger partial charge in [-0.05, 0) is 19.3 Å². The summed E-state index contributed by atoms with van der Waals surface area (Å²) in [6, 6.07) is 0. The predicted octanol–water partition coefficient (Wildman–Crippen LogP) is 3.14. The van der Waals surface area contributed by atoms with Crippen LogP contribution in [0.25, 0.3) is 0 Å². The van der Waals surface area contributed by atoms with Gasteiger partial charge in [-0.3, -0.25) is 0 Å². The first-order valence-electron chi connectivity index (χ1n) is 3.69. The minimum Gasteiger partial charge on any atom is -0.118 e. The maximum absolute atomic E-state index is 6.02. The third-order valence-electron chi connectivity index (χ3n) is 1.80. The van der Waals surface area contributed by atoms with E-state index in [1.807, 2.05) is 0 Å². The molecule has 0 saturated heterocycles. The Bertz CT molecular complexity index is 168. The topological polar surface area (TPSA) is 0 Å². The van der Waals surface area contributed by atoms with Crippen molar-refractivity contribution >= 4 is 11.6 Å². The summed E-state index contributed by atoms with van der Waals surface area (Å²) in [5, 5.41) is 0.223. The minimum atomic E-state index is 0.223. The summed E-state index contributed by atoms with van der Waals surface area (Å²) in [4.78, 5) is 0. The van der Waals surface area contributed by atoms with Crippen molar-refractivity contribution in [1.82, 2.24) is 0 Å². The highest BCUT2D eigenvalue weighted by molar-refractivity contribution is 6.22. The lowest BCUT2D eigenvalue weighted by Crippen LogP contribution is -1.96. The first-order chi connectivity index (χ1) is 4.70. The molecule has 1 heteroatoms. The Morgan fingerprint density at radius 3 is 3.00 bits per heavy atom. The van der Waals surface area contributed by atoms with E-state index in [9.17, 15) is 0 Å². The van der Waals surface area contributed by atoms with E-state index in [2.05, 4.69) is 32.1 Å². The summed E-state index contributed by atoms with van der Waals surface area (Å²) in [7, 11) is 0. The molecule has 1 rings (SSSR count). The van der Waals surface area contributed by atoms with Crippen LogP contribution in [0.5, 0.6) is 0 Å². The fourth-order valence-corrected chi connectivity index (χ4v) is 1.35. The van der Waals surface area contributed by atoms with Gasteiger partial charge in [0, 0.05) is 0 Å². The number of alkyl halides is 1. The largest absolute Gasteiger partial charge is 0.118 e. The highest BCUT2D eigenvalue weighted by Gasteiger charge is 2.08. The molecule has 0 spiro atoms. The molecule has 0 bridgehead atoms. The Morgan fingerprint density at radius 1 is 1.60 bits per heavy atom. The highest BCUT2D eigenvalue weighted by atomic mass is 35.5. The summed E-state index contributed by atoms with van der Waals surface area (Å²) < 4.78 is 0. The van der Waals surface area contributed by atoms with Crippen LogP contribution in [0.3, 0.4) is 0 Å². The first kappa shape index (κ1) is 7.87. The molecule has 0 aromatic heterocycles. The lowest BCUT2D eigenvalue weighted by Gasteiger charge is -2.04. The molecule has 0 aliphatic heterocycles. The van der Waals surface area contributed by atoms with Gasteiger partial charge in [0.05, 0.1) is 5.38 Å². The van der Waals surface area contributed by atoms with E-state index < -0.39 is 0 Å². The monoisotopic (exact) mass is 156 g/mol. The van der Waals surface area contributed by atoms with Gasteiger partial charge < -0.3 is 0 Å². The third-order valence-corrected chi connectivity index (χ3v) is 2.32. The van der Waals surface area contributed by atoms with Crippen molar-refractivity contribution < 1.29 is 0 Å². The maximum atomic E-state index is 6.02. The van der Waals surface area contributed by atoms with Crippen LogP contribution < -0.4 is 0 Å². The minimum absolute atomic E-state index is 0.223. The summed E-state index contributed by atoms with van der Waals surface area (Å²) >= 11 is 6.02. The van der Waals surface area contributed by atoms with Crippen LogP contribution in [-0.4, -0.2) is 5.38 Å². The molecule has 0 nitrogen and oxygen atoms in total. The molecule has 1 aliphatic rings. The molecule has 1 aliphatic carbocycles. The first-order valence-corrected chi connectivity index (χ1v) is 4.13. The van der Waals surface area contributed by atoms with Crippen LogP contribution in [0, 0.1) is 5.92 Å². The lowest BCUT2D eigenvalue weighted by atomic mass is 10.1. The van der Waals surface area contributed by atoms with Crippen molar-refractivity contribution in [3.05, 3.63) is 23.8 Å². The van der Waals surface area contributed by atoms with Crippen molar-refractivity contribution in [2.45, 2.75) is 25.6 Å². The molecular formula is C9H13Cl. The molecule has 0 radical (unpaired) electrons. The van der Waals surface area contributed by atoms with E-state index in [1.165, 1.54) is 5.57 Å². The average Bonchev–Trinajstić information content (AvgIpc) is 1.96. The quantitative estimate of drug-likeness (QED) is 0.374. The van der Waals surface area contributed by atoms with Gasteiger partial charge in [-0.1, -0.05) is 30.7 Å². The Kier molecular flexibility index (Phi) is 2.56. The van der Waals surface area contributed by atoms with Crippen molar-refractivity contribution in [3.8, 4) is 0 Å². The highest BCUT2D eigenvalue weighted by Crippen LogP contribution is 2.20. The van der Waals surface area contributed by atoms with E-state index in [-0.39, 0.29) is 5.38 Å². The Morgan fingerprint density at radius 2 is 2.30 bits per heavy atom. The summed E-state index contributed by atoms with van der Waals surface area (Å²) in [5.74, 6) is 0.559. The third kappa shape index (κ3) is 1.88. The summed E-state index contributed by atoms with van der Waals surface area (Å²) in [6.45, 7) is 4.27. The van der Waals surface area contributed by atoms with E-state index in [0.717, 1.165) is 6.42 Å². The molecule has 0 saturated carbocycles. The molecule has 0 aromatic carbocycles. The predicted molar refractivity (Wildman–Crippen MR) is 46.3 cm³/mol. The number of hydrogen-bond acceptors (Lipinski definition) is 0. The Balaban J connectivity index is 2.73. The van der Waals surface area contributed by atoms with E-state index in [0.29, 0.717) is 5.92 Å².